The number of nitrogens with one attached hydrogen (secondary N) is 2. The van der Waals surface area contributed by atoms with Gasteiger partial charge in [0.1, 0.15) is 0 Å². The van der Waals surface area contributed by atoms with Gasteiger partial charge >= 0.3 is 6.18 Å². The second-order valence-corrected chi connectivity index (χ2v) is 6.77. The van der Waals surface area contributed by atoms with E-state index in [1.54, 1.807) is 7.05 Å². The third-order valence-corrected chi connectivity index (χ3v) is 4.45. The molecule has 114 valence electrons. The molecule has 0 saturated carbocycles. The molecule has 0 aliphatic rings. The van der Waals surface area contributed by atoms with Crippen molar-refractivity contribution in [2.24, 2.45) is 0 Å². The van der Waals surface area contributed by atoms with Crippen molar-refractivity contribution in [3.8, 4) is 0 Å². The predicted octanol–water partition coefficient (Wildman–Crippen LogP) is 2.82. The smallest absolute Gasteiger partial charge is 0.320 e. The summed E-state index contributed by atoms with van der Waals surface area (Å²) in [5.41, 5.74) is -1.03. The van der Waals surface area contributed by atoms with Gasteiger partial charge < -0.3 is 5.32 Å². The minimum absolute atomic E-state index is 0.121. The zero-order chi connectivity index (χ0) is 15.4. The van der Waals surface area contributed by atoms with Crippen molar-refractivity contribution in [3.05, 3.63) is 28.2 Å². The Morgan fingerprint density at radius 2 is 1.95 bits per heavy atom. The summed E-state index contributed by atoms with van der Waals surface area (Å²) < 4.78 is 63.6. The maximum atomic E-state index is 12.6. The second kappa shape index (κ2) is 6.77. The Hall–Kier alpha value is -0.800. The monoisotopic (exact) mass is 374 g/mol. The summed E-state index contributed by atoms with van der Waals surface area (Å²) in [6, 6.07) is 2.80. The van der Waals surface area contributed by atoms with Crippen LogP contribution in [-0.2, 0) is 16.2 Å². The predicted molar refractivity (Wildman–Crippen MR) is 75.1 cm³/mol. The fourth-order valence-electron chi connectivity index (χ4n) is 1.44. The Bertz CT molecular complexity index is 561. The van der Waals surface area contributed by atoms with Gasteiger partial charge in [0.25, 0.3) is 0 Å². The Morgan fingerprint density at radius 1 is 1.30 bits per heavy atom. The van der Waals surface area contributed by atoms with E-state index in [0.29, 0.717) is 13.0 Å². The zero-order valence-electron chi connectivity index (χ0n) is 10.6. The molecule has 0 fully saturated rings. The molecule has 0 heterocycles. The van der Waals surface area contributed by atoms with Crippen LogP contribution in [0.25, 0.3) is 0 Å². The molecule has 0 amide bonds. The normalized spacial score (nSPS) is 12.4. The van der Waals surface area contributed by atoms with Gasteiger partial charge in [-0.2, -0.15) is 13.2 Å². The lowest BCUT2D eigenvalue weighted by molar-refractivity contribution is -0.137. The van der Waals surface area contributed by atoms with Crippen LogP contribution in [0.2, 0.25) is 0 Å². The molecule has 0 bridgehead atoms. The summed E-state index contributed by atoms with van der Waals surface area (Å²) in [5, 5.41) is 2.79. The number of hydrogen-bond acceptors (Lipinski definition) is 3. The maximum absolute atomic E-state index is 12.6. The lowest BCUT2D eigenvalue weighted by Gasteiger charge is -2.13. The molecule has 0 atom stereocenters. The molecule has 2 N–H and O–H groups in total. The van der Waals surface area contributed by atoms with Crippen LogP contribution < -0.4 is 10.0 Å². The zero-order valence-corrected chi connectivity index (χ0v) is 13.0. The quantitative estimate of drug-likeness (QED) is 0.752. The van der Waals surface area contributed by atoms with Gasteiger partial charge in [0, 0.05) is 4.47 Å². The fraction of sp³-hybridized carbons (Fsp3) is 0.455. The molecule has 0 spiro atoms. The molecule has 0 aliphatic carbocycles. The number of anilines is 1. The van der Waals surface area contributed by atoms with E-state index in [1.165, 1.54) is 0 Å². The molecule has 0 saturated heterocycles. The number of sulfonamides is 1. The Kier molecular flexibility index (Phi) is 5.84. The van der Waals surface area contributed by atoms with E-state index < -0.39 is 21.8 Å². The highest BCUT2D eigenvalue weighted by Gasteiger charge is 2.31. The number of hydrogen-bond donors (Lipinski definition) is 2. The lowest BCUT2D eigenvalue weighted by atomic mass is 10.2. The summed E-state index contributed by atoms with van der Waals surface area (Å²) in [6.45, 7) is 0.505. The SMILES string of the molecule is CNCCCS(=O)(=O)Nc1cc(C(F)(F)F)ccc1Br. The molecule has 0 aromatic heterocycles. The van der Waals surface area contributed by atoms with Crippen LogP contribution in [0.1, 0.15) is 12.0 Å². The highest BCUT2D eigenvalue weighted by Crippen LogP contribution is 2.34. The van der Waals surface area contributed by atoms with Gasteiger partial charge in [-0.1, -0.05) is 0 Å². The van der Waals surface area contributed by atoms with Crippen LogP contribution in [0, 0.1) is 0 Å². The molecule has 0 unspecified atom stereocenters. The lowest BCUT2D eigenvalue weighted by Crippen LogP contribution is -2.20. The highest BCUT2D eigenvalue weighted by atomic mass is 79.9. The van der Waals surface area contributed by atoms with E-state index in [9.17, 15) is 21.6 Å². The fourth-order valence-corrected chi connectivity index (χ4v) is 3.04. The van der Waals surface area contributed by atoms with Gasteiger partial charge in [-0.05, 0) is 54.1 Å². The summed E-state index contributed by atoms with van der Waals surface area (Å²) in [4.78, 5) is 0. The first-order valence-corrected chi connectivity index (χ1v) is 8.12. The molecule has 1 aromatic rings. The van der Waals surface area contributed by atoms with E-state index in [-0.39, 0.29) is 15.9 Å². The maximum Gasteiger partial charge on any atom is 0.416 e. The minimum Gasteiger partial charge on any atom is -0.320 e. The van der Waals surface area contributed by atoms with Crippen molar-refractivity contribution in [2.75, 3.05) is 24.1 Å². The first-order chi connectivity index (χ1) is 9.15. The van der Waals surface area contributed by atoms with Crippen molar-refractivity contribution in [1.82, 2.24) is 5.32 Å². The molecule has 1 rings (SSSR count). The van der Waals surface area contributed by atoms with Gasteiger partial charge in [0.15, 0.2) is 0 Å². The van der Waals surface area contributed by atoms with Crippen LogP contribution in [0.15, 0.2) is 22.7 Å². The van der Waals surface area contributed by atoms with Crippen molar-refractivity contribution in [2.45, 2.75) is 12.6 Å². The average Bonchev–Trinajstić information content (AvgIpc) is 2.30. The molecule has 20 heavy (non-hydrogen) atoms. The third kappa shape index (κ3) is 5.29. The van der Waals surface area contributed by atoms with E-state index in [0.717, 1.165) is 18.2 Å². The standard InChI is InChI=1S/C11H14BrF3N2O2S/c1-16-5-2-6-20(18,19)17-10-7-8(11(13,14)15)3-4-9(10)12/h3-4,7,16-17H,2,5-6H2,1H3. The second-order valence-electron chi connectivity index (χ2n) is 4.07. The number of alkyl halides is 3. The first-order valence-electron chi connectivity index (χ1n) is 5.67. The van der Waals surface area contributed by atoms with Gasteiger partial charge in [0.05, 0.1) is 17.0 Å². The molecule has 4 nitrogen and oxygen atoms in total. The highest BCUT2D eigenvalue weighted by molar-refractivity contribution is 9.10. The average molecular weight is 375 g/mol. The van der Waals surface area contributed by atoms with Crippen LogP contribution >= 0.6 is 15.9 Å². The van der Waals surface area contributed by atoms with Crippen LogP contribution in [0.4, 0.5) is 18.9 Å². The molecular weight excluding hydrogens is 361 g/mol. The number of rotatable bonds is 6. The van der Waals surface area contributed by atoms with E-state index in [2.05, 4.69) is 26.0 Å². The van der Waals surface area contributed by atoms with Gasteiger partial charge in [-0.15, -0.1) is 0 Å². The van der Waals surface area contributed by atoms with Gasteiger partial charge in [-0.3, -0.25) is 4.72 Å². The molecule has 0 radical (unpaired) electrons. The topological polar surface area (TPSA) is 58.2 Å². The van der Waals surface area contributed by atoms with Gasteiger partial charge in [0.2, 0.25) is 10.0 Å². The Morgan fingerprint density at radius 3 is 2.50 bits per heavy atom. The van der Waals surface area contributed by atoms with Crippen LogP contribution in [0.3, 0.4) is 0 Å². The third-order valence-electron chi connectivity index (χ3n) is 2.40. The Labute approximate surface area is 123 Å². The Balaban J connectivity index is 2.91. The van der Waals surface area contributed by atoms with Crippen LogP contribution in [-0.4, -0.2) is 27.8 Å². The first kappa shape index (κ1) is 17.3. The summed E-state index contributed by atoms with van der Waals surface area (Å²) in [5.74, 6) is -0.170. The summed E-state index contributed by atoms with van der Waals surface area (Å²) in [7, 11) is -2.00. The molecule has 9 heteroatoms. The number of benzene rings is 1. The van der Waals surface area contributed by atoms with E-state index in [1.807, 2.05) is 0 Å². The molecular formula is C11H14BrF3N2O2S. The van der Waals surface area contributed by atoms with E-state index in [4.69, 9.17) is 0 Å². The van der Waals surface area contributed by atoms with Crippen molar-refractivity contribution >= 4 is 31.6 Å². The molecule has 1 aromatic carbocycles. The van der Waals surface area contributed by atoms with Crippen LogP contribution in [0.5, 0.6) is 0 Å². The largest absolute Gasteiger partial charge is 0.416 e. The van der Waals surface area contributed by atoms with Crippen molar-refractivity contribution in [3.63, 3.8) is 0 Å². The minimum atomic E-state index is -4.52. The van der Waals surface area contributed by atoms with Gasteiger partial charge in [-0.25, -0.2) is 8.42 Å². The number of halogens is 4. The summed E-state index contributed by atoms with van der Waals surface area (Å²) in [6.07, 6.45) is -4.16. The van der Waals surface area contributed by atoms with Crippen molar-refractivity contribution < 1.29 is 21.6 Å². The van der Waals surface area contributed by atoms with Crippen molar-refractivity contribution in [1.29, 1.82) is 0 Å². The molecule has 0 aliphatic heterocycles. The summed E-state index contributed by atoms with van der Waals surface area (Å²) >= 11 is 3.03. The van der Waals surface area contributed by atoms with E-state index >= 15 is 0 Å².